The van der Waals surface area contributed by atoms with E-state index < -0.39 is 24.1 Å². The van der Waals surface area contributed by atoms with Crippen LogP contribution in [0.1, 0.15) is 27.2 Å². The van der Waals surface area contributed by atoms with Crippen LogP contribution in [0.4, 0.5) is 4.79 Å². The van der Waals surface area contributed by atoms with Gasteiger partial charge in [-0.05, 0) is 20.8 Å². The van der Waals surface area contributed by atoms with Crippen molar-refractivity contribution in [2.45, 2.75) is 39.3 Å². The molecule has 3 amide bonds. The van der Waals surface area contributed by atoms with E-state index in [0.29, 0.717) is 13.1 Å². The van der Waals surface area contributed by atoms with E-state index in [-0.39, 0.29) is 12.3 Å². The molecule has 0 aromatic rings. The lowest BCUT2D eigenvalue weighted by Gasteiger charge is -2.24. The Kier molecular flexibility index (Phi) is 7.82. The molecule has 0 heterocycles. The molecule has 0 aliphatic carbocycles. The Labute approximate surface area is 118 Å². The Morgan fingerprint density at radius 1 is 1.25 bits per heavy atom. The van der Waals surface area contributed by atoms with E-state index in [9.17, 15) is 14.4 Å². The molecule has 0 aliphatic heterocycles. The maximum absolute atomic E-state index is 11.9. The molecule has 112 valence electrons. The molecular formula is C13H21N3O4. The first-order chi connectivity index (χ1) is 9.37. The number of aliphatic carboxylic acids is 1. The normalized spacial score (nSPS) is 12.7. The Morgan fingerprint density at radius 2 is 1.80 bits per heavy atom. The molecule has 0 radical (unpaired) electrons. The van der Waals surface area contributed by atoms with Crippen LogP contribution in [-0.2, 0) is 9.59 Å². The summed E-state index contributed by atoms with van der Waals surface area (Å²) in [5.74, 6) is 0.719. The summed E-state index contributed by atoms with van der Waals surface area (Å²) in [6.45, 7) is 6.29. The smallest absolute Gasteiger partial charge is 0.327 e. The third-order valence-corrected chi connectivity index (χ3v) is 2.72. The van der Waals surface area contributed by atoms with Gasteiger partial charge in [0, 0.05) is 19.5 Å². The molecule has 2 unspecified atom stereocenters. The second-order valence-electron chi connectivity index (χ2n) is 4.15. The zero-order valence-electron chi connectivity index (χ0n) is 12.0. The van der Waals surface area contributed by atoms with Gasteiger partial charge in [-0.1, -0.05) is 0 Å². The Morgan fingerprint density at radius 3 is 2.20 bits per heavy atom. The number of terminal acetylenes is 1. The first-order valence-electron chi connectivity index (χ1n) is 6.39. The van der Waals surface area contributed by atoms with E-state index in [1.807, 2.05) is 13.8 Å². The SMILES string of the molecule is C#CCC(NC(=O)NC(C)C(=O)N(CC)CC)C(=O)O. The fraction of sp³-hybridized carbons (Fsp3) is 0.615. The summed E-state index contributed by atoms with van der Waals surface area (Å²) in [5, 5.41) is 13.5. The van der Waals surface area contributed by atoms with Crippen LogP contribution in [0.5, 0.6) is 0 Å². The zero-order valence-corrected chi connectivity index (χ0v) is 12.0. The summed E-state index contributed by atoms with van der Waals surface area (Å²) in [5.41, 5.74) is 0. The molecule has 7 nitrogen and oxygen atoms in total. The molecule has 0 saturated heterocycles. The van der Waals surface area contributed by atoms with Crippen molar-refractivity contribution in [3.05, 3.63) is 0 Å². The summed E-state index contributed by atoms with van der Waals surface area (Å²) in [4.78, 5) is 35.9. The monoisotopic (exact) mass is 283 g/mol. The van der Waals surface area contributed by atoms with Crippen molar-refractivity contribution in [2.75, 3.05) is 13.1 Å². The van der Waals surface area contributed by atoms with Crippen LogP contribution in [-0.4, -0.2) is 53.1 Å². The zero-order chi connectivity index (χ0) is 15.7. The van der Waals surface area contributed by atoms with Crippen LogP contribution in [0, 0.1) is 12.3 Å². The largest absolute Gasteiger partial charge is 0.480 e. The van der Waals surface area contributed by atoms with Crippen molar-refractivity contribution in [3.63, 3.8) is 0 Å². The van der Waals surface area contributed by atoms with E-state index in [1.54, 1.807) is 4.90 Å². The molecule has 0 fully saturated rings. The maximum Gasteiger partial charge on any atom is 0.327 e. The maximum atomic E-state index is 11.9. The van der Waals surface area contributed by atoms with Crippen LogP contribution in [0.3, 0.4) is 0 Å². The summed E-state index contributed by atoms with van der Waals surface area (Å²) in [7, 11) is 0. The van der Waals surface area contributed by atoms with E-state index >= 15 is 0 Å². The highest BCUT2D eigenvalue weighted by Crippen LogP contribution is 1.96. The van der Waals surface area contributed by atoms with Gasteiger partial charge in [0.05, 0.1) is 0 Å². The van der Waals surface area contributed by atoms with Crippen LogP contribution in [0.25, 0.3) is 0 Å². The average Bonchev–Trinajstić information content (AvgIpc) is 2.39. The number of carbonyl (C=O) groups is 3. The molecule has 0 aromatic heterocycles. The molecule has 0 saturated carbocycles. The Bertz CT molecular complexity index is 399. The Balaban J connectivity index is 4.49. The second kappa shape index (κ2) is 8.80. The van der Waals surface area contributed by atoms with Crippen molar-refractivity contribution in [3.8, 4) is 12.3 Å². The molecule has 0 rings (SSSR count). The van der Waals surface area contributed by atoms with Gasteiger partial charge in [-0.2, -0.15) is 0 Å². The second-order valence-corrected chi connectivity index (χ2v) is 4.15. The van der Waals surface area contributed by atoms with Gasteiger partial charge in [0.1, 0.15) is 12.1 Å². The quantitative estimate of drug-likeness (QED) is 0.574. The van der Waals surface area contributed by atoms with Crippen molar-refractivity contribution < 1.29 is 19.5 Å². The summed E-state index contributed by atoms with van der Waals surface area (Å²) in [6.07, 6.45) is 4.90. The van der Waals surface area contributed by atoms with Crippen molar-refractivity contribution in [1.29, 1.82) is 0 Å². The number of amides is 3. The molecule has 2 atom stereocenters. The van der Waals surface area contributed by atoms with Crippen LogP contribution in [0.15, 0.2) is 0 Å². The molecule has 20 heavy (non-hydrogen) atoms. The molecule has 0 bridgehead atoms. The summed E-state index contributed by atoms with van der Waals surface area (Å²) >= 11 is 0. The highest BCUT2D eigenvalue weighted by atomic mass is 16.4. The number of carbonyl (C=O) groups excluding carboxylic acids is 2. The predicted octanol–water partition coefficient (Wildman–Crippen LogP) is 0.0190. The number of likely N-dealkylation sites (N-methyl/N-ethyl adjacent to an activating group) is 1. The van der Waals surface area contributed by atoms with Gasteiger partial charge in [-0.25, -0.2) is 9.59 Å². The fourth-order valence-corrected chi connectivity index (χ4v) is 1.59. The van der Waals surface area contributed by atoms with E-state index in [4.69, 9.17) is 11.5 Å². The lowest BCUT2D eigenvalue weighted by atomic mass is 10.2. The first-order valence-corrected chi connectivity index (χ1v) is 6.39. The van der Waals surface area contributed by atoms with Gasteiger partial charge in [0.15, 0.2) is 0 Å². The minimum absolute atomic E-state index is 0.124. The van der Waals surface area contributed by atoms with E-state index in [0.717, 1.165) is 0 Å². The third-order valence-electron chi connectivity index (χ3n) is 2.72. The highest BCUT2D eigenvalue weighted by Gasteiger charge is 2.23. The molecule has 7 heteroatoms. The lowest BCUT2D eigenvalue weighted by molar-refractivity contribution is -0.139. The minimum atomic E-state index is -1.22. The third kappa shape index (κ3) is 5.61. The van der Waals surface area contributed by atoms with Crippen LogP contribution in [0.2, 0.25) is 0 Å². The van der Waals surface area contributed by atoms with Gasteiger partial charge in [0.2, 0.25) is 5.91 Å². The van der Waals surface area contributed by atoms with Gasteiger partial charge in [-0.3, -0.25) is 4.79 Å². The van der Waals surface area contributed by atoms with E-state index in [1.165, 1.54) is 6.92 Å². The van der Waals surface area contributed by atoms with Gasteiger partial charge in [0.25, 0.3) is 0 Å². The molecule has 0 aromatic carbocycles. The van der Waals surface area contributed by atoms with E-state index in [2.05, 4.69) is 16.6 Å². The predicted molar refractivity (Wildman–Crippen MR) is 73.9 cm³/mol. The lowest BCUT2D eigenvalue weighted by Crippen LogP contribution is -2.52. The van der Waals surface area contributed by atoms with Crippen molar-refractivity contribution in [1.82, 2.24) is 15.5 Å². The van der Waals surface area contributed by atoms with Gasteiger partial charge >= 0.3 is 12.0 Å². The summed E-state index contributed by atoms with van der Waals surface area (Å²) in [6, 6.07) is -2.65. The number of carboxylic acid groups (broad SMARTS) is 1. The standard InChI is InChI=1S/C13H21N3O4/c1-5-8-10(12(18)19)15-13(20)14-9(4)11(17)16(6-2)7-3/h1,9-10H,6-8H2,2-4H3,(H,18,19)(H2,14,15,20). The van der Waals surface area contributed by atoms with Gasteiger partial charge in [-0.15, -0.1) is 12.3 Å². The average molecular weight is 283 g/mol. The number of rotatable bonds is 7. The first kappa shape index (κ1) is 17.8. The number of carboxylic acids is 1. The van der Waals surface area contributed by atoms with Crippen LogP contribution >= 0.6 is 0 Å². The highest BCUT2D eigenvalue weighted by molar-refractivity contribution is 5.88. The molecule has 3 N–H and O–H groups in total. The molecule has 0 spiro atoms. The summed E-state index contributed by atoms with van der Waals surface area (Å²) < 4.78 is 0. The number of hydrogen-bond donors (Lipinski definition) is 3. The molecule has 0 aliphatic rings. The molecular weight excluding hydrogens is 262 g/mol. The topological polar surface area (TPSA) is 98.7 Å². The van der Waals surface area contributed by atoms with Gasteiger partial charge < -0.3 is 20.6 Å². The van der Waals surface area contributed by atoms with Crippen molar-refractivity contribution in [2.24, 2.45) is 0 Å². The van der Waals surface area contributed by atoms with Crippen LogP contribution < -0.4 is 10.6 Å². The number of nitrogens with one attached hydrogen (secondary N) is 2. The minimum Gasteiger partial charge on any atom is -0.480 e. The Hall–Kier alpha value is -2.23. The van der Waals surface area contributed by atoms with Crippen molar-refractivity contribution >= 4 is 17.9 Å². The number of hydrogen-bond acceptors (Lipinski definition) is 3. The fourth-order valence-electron chi connectivity index (χ4n) is 1.59. The number of urea groups is 1. The number of nitrogens with zero attached hydrogens (tertiary/aromatic N) is 1.